The van der Waals surface area contributed by atoms with Crippen molar-refractivity contribution in [3.8, 4) is 0 Å². The summed E-state index contributed by atoms with van der Waals surface area (Å²) in [6.45, 7) is 3.93. The lowest BCUT2D eigenvalue weighted by Crippen LogP contribution is -2.34. The molecule has 102 valence electrons. The SMILES string of the molecule is CC[C@H](N[C@H](C)C[S@](C)=O)c1cccc(Cl)c1F. The lowest BCUT2D eigenvalue weighted by molar-refractivity contribution is 0.449. The van der Waals surface area contributed by atoms with Crippen LogP contribution in [-0.4, -0.2) is 22.3 Å². The molecular weight excluding hydrogens is 273 g/mol. The van der Waals surface area contributed by atoms with Crippen molar-refractivity contribution in [1.82, 2.24) is 5.32 Å². The number of hydrogen-bond acceptors (Lipinski definition) is 2. The first kappa shape index (κ1) is 15.6. The average molecular weight is 292 g/mol. The van der Waals surface area contributed by atoms with Gasteiger partial charge in [0.05, 0.1) is 5.02 Å². The second kappa shape index (κ2) is 7.22. The molecule has 0 amide bonds. The third-order valence-electron chi connectivity index (χ3n) is 2.74. The summed E-state index contributed by atoms with van der Waals surface area (Å²) in [6, 6.07) is 4.98. The fraction of sp³-hybridized carbons (Fsp3) is 0.538. The van der Waals surface area contributed by atoms with Crippen LogP contribution in [0.25, 0.3) is 0 Å². The van der Waals surface area contributed by atoms with E-state index < -0.39 is 10.8 Å². The number of rotatable bonds is 6. The highest BCUT2D eigenvalue weighted by Crippen LogP contribution is 2.25. The highest BCUT2D eigenvalue weighted by molar-refractivity contribution is 7.84. The third-order valence-corrected chi connectivity index (χ3v) is 4.00. The van der Waals surface area contributed by atoms with Gasteiger partial charge in [-0.25, -0.2) is 4.39 Å². The predicted octanol–water partition coefficient (Wildman–Crippen LogP) is 3.29. The van der Waals surface area contributed by atoms with Crippen molar-refractivity contribution in [3.05, 3.63) is 34.6 Å². The fourth-order valence-electron chi connectivity index (χ4n) is 1.96. The quantitative estimate of drug-likeness (QED) is 0.871. The summed E-state index contributed by atoms with van der Waals surface area (Å²) >= 11 is 5.78. The first-order valence-electron chi connectivity index (χ1n) is 5.95. The van der Waals surface area contributed by atoms with Crippen LogP contribution in [0.4, 0.5) is 4.39 Å². The van der Waals surface area contributed by atoms with Crippen LogP contribution in [-0.2, 0) is 10.8 Å². The molecular formula is C13H19ClFNOS. The Morgan fingerprint density at radius 1 is 1.50 bits per heavy atom. The van der Waals surface area contributed by atoms with Gasteiger partial charge in [-0.15, -0.1) is 0 Å². The van der Waals surface area contributed by atoms with Gasteiger partial charge in [0.1, 0.15) is 5.82 Å². The van der Waals surface area contributed by atoms with E-state index in [9.17, 15) is 8.60 Å². The average Bonchev–Trinajstić information content (AvgIpc) is 2.29. The zero-order valence-electron chi connectivity index (χ0n) is 10.9. The lowest BCUT2D eigenvalue weighted by atomic mass is 10.0. The molecule has 0 aromatic heterocycles. The Morgan fingerprint density at radius 2 is 2.17 bits per heavy atom. The summed E-state index contributed by atoms with van der Waals surface area (Å²) < 4.78 is 25.1. The van der Waals surface area contributed by atoms with Crippen molar-refractivity contribution in [1.29, 1.82) is 0 Å². The van der Waals surface area contributed by atoms with E-state index in [0.717, 1.165) is 6.42 Å². The molecule has 0 spiro atoms. The molecule has 0 heterocycles. The molecule has 1 N–H and O–H groups in total. The van der Waals surface area contributed by atoms with Gasteiger partial charge in [0.25, 0.3) is 0 Å². The molecule has 18 heavy (non-hydrogen) atoms. The summed E-state index contributed by atoms with van der Waals surface area (Å²) in [4.78, 5) is 0. The summed E-state index contributed by atoms with van der Waals surface area (Å²) in [6.07, 6.45) is 2.41. The number of hydrogen-bond donors (Lipinski definition) is 1. The van der Waals surface area contributed by atoms with Crippen molar-refractivity contribution >= 4 is 22.4 Å². The Bertz CT molecular complexity index is 427. The maximum absolute atomic E-state index is 13.9. The fourth-order valence-corrected chi connectivity index (χ4v) is 2.94. The number of nitrogens with one attached hydrogen (secondary N) is 1. The molecule has 5 heteroatoms. The molecule has 1 rings (SSSR count). The second-order valence-corrected chi connectivity index (χ2v) is 6.30. The van der Waals surface area contributed by atoms with Crippen LogP contribution >= 0.6 is 11.6 Å². The van der Waals surface area contributed by atoms with E-state index in [0.29, 0.717) is 11.3 Å². The molecule has 0 unspecified atom stereocenters. The maximum atomic E-state index is 13.9. The monoisotopic (exact) mass is 291 g/mol. The molecule has 0 aliphatic rings. The minimum atomic E-state index is -0.863. The summed E-state index contributed by atoms with van der Waals surface area (Å²) in [5, 5.41) is 3.43. The van der Waals surface area contributed by atoms with Crippen molar-refractivity contribution < 1.29 is 8.60 Å². The van der Waals surface area contributed by atoms with E-state index in [1.54, 1.807) is 18.4 Å². The van der Waals surface area contributed by atoms with Crippen LogP contribution in [0.2, 0.25) is 5.02 Å². The second-order valence-electron chi connectivity index (χ2n) is 4.41. The molecule has 0 saturated heterocycles. The van der Waals surface area contributed by atoms with Crippen LogP contribution in [0.5, 0.6) is 0 Å². The molecule has 0 radical (unpaired) electrons. The first-order valence-corrected chi connectivity index (χ1v) is 8.06. The summed E-state index contributed by atoms with van der Waals surface area (Å²) in [7, 11) is -0.863. The van der Waals surface area contributed by atoms with Gasteiger partial charge in [0, 0.05) is 40.5 Å². The van der Waals surface area contributed by atoms with Crippen molar-refractivity contribution in [2.45, 2.75) is 32.4 Å². The Labute approximate surface area is 115 Å². The van der Waals surface area contributed by atoms with Gasteiger partial charge in [0.2, 0.25) is 0 Å². The zero-order chi connectivity index (χ0) is 13.7. The normalized spacial score (nSPS) is 16.3. The van der Waals surface area contributed by atoms with Crippen LogP contribution in [0.1, 0.15) is 31.9 Å². The van der Waals surface area contributed by atoms with Crippen LogP contribution in [0.3, 0.4) is 0 Å². The van der Waals surface area contributed by atoms with Gasteiger partial charge in [-0.1, -0.05) is 30.7 Å². The van der Waals surface area contributed by atoms with Gasteiger partial charge in [0.15, 0.2) is 0 Å². The Morgan fingerprint density at radius 3 is 2.72 bits per heavy atom. The molecule has 3 atom stereocenters. The molecule has 0 aliphatic heterocycles. The van der Waals surface area contributed by atoms with Gasteiger partial charge in [-0.05, 0) is 19.4 Å². The highest BCUT2D eigenvalue weighted by atomic mass is 35.5. The summed E-state index contributed by atoms with van der Waals surface area (Å²) in [5.74, 6) is 0.182. The molecule has 0 saturated carbocycles. The maximum Gasteiger partial charge on any atom is 0.146 e. The molecule has 1 aromatic carbocycles. The third kappa shape index (κ3) is 4.34. The van der Waals surface area contributed by atoms with E-state index in [-0.39, 0.29) is 22.9 Å². The van der Waals surface area contributed by atoms with E-state index in [2.05, 4.69) is 5.32 Å². The van der Waals surface area contributed by atoms with Crippen molar-refractivity contribution in [2.75, 3.05) is 12.0 Å². The highest BCUT2D eigenvalue weighted by Gasteiger charge is 2.18. The van der Waals surface area contributed by atoms with E-state index >= 15 is 0 Å². The molecule has 1 aromatic rings. The number of benzene rings is 1. The van der Waals surface area contributed by atoms with Gasteiger partial charge in [-0.3, -0.25) is 4.21 Å². The predicted molar refractivity (Wildman–Crippen MR) is 76.0 cm³/mol. The summed E-state index contributed by atoms with van der Waals surface area (Å²) in [5.41, 5.74) is 0.568. The van der Waals surface area contributed by atoms with Crippen LogP contribution in [0.15, 0.2) is 18.2 Å². The van der Waals surface area contributed by atoms with Crippen molar-refractivity contribution in [3.63, 3.8) is 0 Å². The largest absolute Gasteiger partial charge is 0.306 e. The molecule has 2 nitrogen and oxygen atoms in total. The Kier molecular flexibility index (Phi) is 6.26. The lowest BCUT2D eigenvalue weighted by Gasteiger charge is -2.22. The first-order chi connectivity index (χ1) is 8.45. The van der Waals surface area contributed by atoms with Crippen LogP contribution < -0.4 is 5.32 Å². The smallest absolute Gasteiger partial charge is 0.146 e. The van der Waals surface area contributed by atoms with Crippen molar-refractivity contribution in [2.24, 2.45) is 0 Å². The van der Waals surface area contributed by atoms with Gasteiger partial charge >= 0.3 is 0 Å². The van der Waals surface area contributed by atoms with E-state index in [4.69, 9.17) is 11.6 Å². The van der Waals surface area contributed by atoms with E-state index in [1.807, 2.05) is 13.8 Å². The zero-order valence-corrected chi connectivity index (χ0v) is 12.4. The van der Waals surface area contributed by atoms with E-state index in [1.165, 1.54) is 6.07 Å². The molecule has 0 bridgehead atoms. The Balaban J connectivity index is 2.83. The molecule has 0 aliphatic carbocycles. The van der Waals surface area contributed by atoms with Gasteiger partial charge in [-0.2, -0.15) is 0 Å². The minimum absolute atomic E-state index is 0.0687. The Hall–Kier alpha value is -0.450. The topological polar surface area (TPSA) is 29.1 Å². The standard InChI is InChI=1S/C13H19ClFNOS/c1-4-12(16-9(2)8-18(3)17)10-6-5-7-11(14)13(10)15/h5-7,9,12,16H,4,8H2,1-3H3/t9-,12+,18+/m1/s1. The minimum Gasteiger partial charge on any atom is -0.306 e. The molecule has 0 fully saturated rings. The van der Waals surface area contributed by atoms with Crippen LogP contribution in [0, 0.1) is 5.82 Å². The number of halogens is 2. The van der Waals surface area contributed by atoms with Gasteiger partial charge < -0.3 is 5.32 Å².